The van der Waals surface area contributed by atoms with Crippen LogP contribution < -0.4 is 0 Å². The summed E-state index contributed by atoms with van der Waals surface area (Å²) in [4.78, 5) is 10.9. The summed E-state index contributed by atoms with van der Waals surface area (Å²) in [7, 11) is 2.07. The van der Waals surface area contributed by atoms with Crippen LogP contribution in [0.1, 0.15) is 37.2 Å². The fourth-order valence-corrected chi connectivity index (χ4v) is 3.26. The zero-order valence-electron chi connectivity index (χ0n) is 15.3. The molecule has 1 aliphatic rings. The first-order valence-electron chi connectivity index (χ1n) is 8.91. The second-order valence-corrected chi connectivity index (χ2v) is 6.95. The van der Waals surface area contributed by atoms with Crippen LogP contribution in [0.4, 0.5) is 13.2 Å². The van der Waals surface area contributed by atoms with Gasteiger partial charge < -0.3 is 9.32 Å². The number of piperidine rings is 1. The predicted molar refractivity (Wildman–Crippen MR) is 89.6 cm³/mol. The van der Waals surface area contributed by atoms with Gasteiger partial charge in [0, 0.05) is 12.8 Å². The van der Waals surface area contributed by atoms with Gasteiger partial charge in [0.2, 0.25) is 0 Å². The van der Waals surface area contributed by atoms with Crippen LogP contribution in [-0.2, 0) is 19.4 Å². The molecule has 0 aromatic carbocycles. The van der Waals surface area contributed by atoms with Gasteiger partial charge in [0.05, 0.1) is 5.69 Å². The predicted octanol–water partition coefficient (Wildman–Crippen LogP) is 3.25. The van der Waals surface area contributed by atoms with Gasteiger partial charge in [0.25, 0.3) is 0 Å². The van der Waals surface area contributed by atoms with Gasteiger partial charge in [-0.3, -0.25) is 0 Å². The van der Waals surface area contributed by atoms with Crippen molar-refractivity contribution < 1.29 is 17.6 Å². The topological polar surface area (TPSA) is 60.0 Å². The first kappa shape index (κ1) is 18.9. The third-order valence-corrected chi connectivity index (χ3v) is 4.70. The van der Waals surface area contributed by atoms with Gasteiger partial charge in [-0.05, 0) is 45.8 Å². The van der Waals surface area contributed by atoms with E-state index < -0.39 is 12.7 Å². The third-order valence-electron chi connectivity index (χ3n) is 4.70. The molecule has 26 heavy (non-hydrogen) atoms. The van der Waals surface area contributed by atoms with Crippen LogP contribution in [0.2, 0.25) is 0 Å². The number of aryl methyl sites for hydroxylation is 2. The van der Waals surface area contributed by atoms with E-state index in [1.54, 1.807) is 6.92 Å². The Hall–Kier alpha value is -1.90. The Morgan fingerprint density at radius 3 is 2.46 bits per heavy atom. The lowest BCUT2D eigenvalue weighted by atomic mass is 9.94. The van der Waals surface area contributed by atoms with Crippen LogP contribution in [0.25, 0.3) is 11.6 Å². The second-order valence-electron chi connectivity index (χ2n) is 6.95. The molecule has 2 aromatic rings. The van der Waals surface area contributed by atoms with E-state index in [-0.39, 0.29) is 11.6 Å². The summed E-state index contributed by atoms with van der Waals surface area (Å²) in [5.41, 5.74) is 0.531. The van der Waals surface area contributed by atoms with Crippen molar-refractivity contribution in [3.8, 4) is 11.6 Å². The van der Waals surface area contributed by atoms with Crippen molar-refractivity contribution in [2.24, 2.45) is 5.92 Å². The molecular weight excluding hydrogens is 347 g/mol. The molecule has 0 saturated carbocycles. The summed E-state index contributed by atoms with van der Waals surface area (Å²) < 4.78 is 45.5. The monoisotopic (exact) mass is 371 g/mol. The maximum atomic E-state index is 13.0. The van der Waals surface area contributed by atoms with Crippen LogP contribution in [-0.4, -0.2) is 51.0 Å². The largest absolute Gasteiger partial charge is 0.437 e. The zero-order chi connectivity index (χ0) is 18.9. The number of likely N-dealkylation sites (tertiary alicyclic amines) is 1. The second kappa shape index (κ2) is 7.38. The molecule has 1 fully saturated rings. The van der Waals surface area contributed by atoms with Gasteiger partial charge >= 0.3 is 6.18 Å². The fourth-order valence-electron chi connectivity index (χ4n) is 3.26. The lowest BCUT2D eigenvalue weighted by Crippen LogP contribution is -2.31. The Labute approximate surface area is 150 Å². The van der Waals surface area contributed by atoms with Gasteiger partial charge in [-0.1, -0.05) is 6.92 Å². The summed E-state index contributed by atoms with van der Waals surface area (Å²) in [5.74, 6) is 1.69. The molecule has 0 spiro atoms. The first-order valence-corrected chi connectivity index (χ1v) is 8.91. The minimum atomic E-state index is -4.38. The van der Waals surface area contributed by atoms with Gasteiger partial charge in [-0.25, -0.2) is 14.6 Å². The molecule has 0 radical (unpaired) electrons. The molecule has 0 unspecified atom stereocenters. The van der Waals surface area contributed by atoms with Crippen molar-refractivity contribution in [3.05, 3.63) is 17.4 Å². The number of hydrogen-bond acceptors (Lipinski definition) is 5. The number of aromatic nitrogens is 4. The average Bonchev–Trinajstić information content (AvgIpc) is 3.11. The van der Waals surface area contributed by atoms with Crippen molar-refractivity contribution >= 4 is 0 Å². The van der Waals surface area contributed by atoms with Crippen LogP contribution in [0, 0.1) is 12.8 Å². The highest BCUT2D eigenvalue weighted by atomic mass is 19.4. The molecule has 0 atom stereocenters. The van der Waals surface area contributed by atoms with E-state index in [1.807, 2.05) is 6.92 Å². The molecule has 1 aliphatic heterocycles. The zero-order valence-corrected chi connectivity index (χ0v) is 15.3. The number of nitrogens with zero attached hydrogens (tertiary/aromatic N) is 5. The highest BCUT2D eigenvalue weighted by Gasteiger charge is 2.32. The number of hydrogen-bond donors (Lipinski definition) is 0. The molecule has 2 aromatic heterocycles. The van der Waals surface area contributed by atoms with Gasteiger partial charge in [-0.15, -0.1) is 0 Å². The van der Waals surface area contributed by atoms with E-state index in [0.717, 1.165) is 30.6 Å². The van der Waals surface area contributed by atoms with Crippen LogP contribution in [0.5, 0.6) is 0 Å². The Morgan fingerprint density at radius 2 is 1.88 bits per heavy atom. The van der Waals surface area contributed by atoms with Crippen molar-refractivity contribution in [1.29, 1.82) is 0 Å². The van der Waals surface area contributed by atoms with Crippen molar-refractivity contribution in [1.82, 2.24) is 24.6 Å². The van der Waals surface area contributed by atoms with Crippen molar-refractivity contribution in [2.45, 2.75) is 52.3 Å². The Morgan fingerprint density at radius 1 is 1.19 bits per heavy atom. The quantitative estimate of drug-likeness (QED) is 0.807. The summed E-state index contributed by atoms with van der Waals surface area (Å²) >= 11 is 0. The van der Waals surface area contributed by atoms with Gasteiger partial charge in [0.1, 0.15) is 6.54 Å². The van der Waals surface area contributed by atoms with E-state index >= 15 is 0 Å². The van der Waals surface area contributed by atoms with Crippen LogP contribution in [0.3, 0.4) is 0 Å². The smallest absolute Gasteiger partial charge is 0.408 e. The summed E-state index contributed by atoms with van der Waals surface area (Å²) in [6.07, 6.45) is -1.23. The SMILES string of the molecule is CCc1nc(C)c(-c2nc(CC3CCN(C)CC3)nn2CC(F)(F)F)o1. The summed E-state index contributed by atoms with van der Waals surface area (Å²) in [6, 6.07) is 0. The molecule has 144 valence electrons. The van der Waals surface area contributed by atoms with Crippen LogP contribution >= 0.6 is 0 Å². The fraction of sp³-hybridized carbons (Fsp3) is 0.706. The van der Waals surface area contributed by atoms with Gasteiger partial charge in [0.15, 0.2) is 23.3 Å². The van der Waals surface area contributed by atoms with E-state index in [2.05, 4.69) is 27.0 Å². The Bertz CT molecular complexity index is 744. The van der Waals surface area contributed by atoms with Gasteiger partial charge in [-0.2, -0.15) is 18.3 Å². The molecule has 0 amide bonds. The summed E-state index contributed by atoms with van der Waals surface area (Å²) in [6.45, 7) is 4.37. The minimum Gasteiger partial charge on any atom is -0.437 e. The Kier molecular flexibility index (Phi) is 5.36. The molecule has 0 bridgehead atoms. The number of halogens is 3. The normalized spacial score (nSPS) is 17.2. The minimum absolute atomic E-state index is 0.106. The molecule has 0 aliphatic carbocycles. The molecule has 3 heterocycles. The standard InChI is InChI=1S/C17H24F3N5O/c1-4-14-21-11(2)15(26-14)16-22-13(23-25(16)10-17(18,19)20)9-12-5-7-24(3)8-6-12/h12H,4-10H2,1-3H3. The van der Waals surface area contributed by atoms with Crippen molar-refractivity contribution in [2.75, 3.05) is 20.1 Å². The van der Waals surface area contributed by atoms with Crippen molar-refractivity contribution in [3.63, 3.8) is 0 Å². The molecule has 3 rings (SSSR count). The highest BCUT2D eigenvalue weighted by molar-refractivity contribution is 5.50. The summed E-state index contributed by atoms with van der Waals surface area (Å²) in [5, 5.41) is 4.15. The number of alkyl halides is 3. The molecule has 0 N–H and O–H groups in total. The first-order chi connectivity index (χ1) is 12.2. The van der Waals surface area contributed by atoms with E-state index in [4.69, 9.17) is 4.42 Å². The molecule has 6 nitrogen and oxygen atoms in total. The van der Waals surface area contributed by atoms with Crippen LogP contribution in [0.15, 0.2) is 4.42 Å². The average molecular weight is 371 g/mol. The number of oxazole rings is 1. The highest BCUT2D eigenvalue weighted by Crippen LogP contribution is 2.28. The molecule has 1 saturated heterocycles. The lowest BCUT2D eigenvalue weighted by molar-refractivity contribution is -0.142. The molecular formula is C17H24F3N5O. The lowest BCUT2D eigenvalue weighted by Gasteiger charge is -2.28. The number of rotatable bonds is 5. The third kappa shape index (κ3) is 4.44. The Balaban J connectivity index is 1.88. The van der Waals surface area contributed by atoms with E-state index in [9.17, 15) is 13.2 Å². The van der Waals surface area contributed by atoms with E-state index in [0.29, 0.717) is 36.2 Å². The van der Waals surface area contributed by atoms with E-state index in [1.165, 1.54) is 0 Å². The molecule has 9 heteroatoms. The maximum absolute atomic E-state index is 13.0. The maximum Gasteiger partial charge on any atom is 0.408 e.